The van der Waals surface area contributed by atoms with Crippen molar-refractivity contribution in [3.8, 4) is 6.07 Å². The van der Waals surface area contributed by atoms with Gasteiger partial charge in [-0.1, -0.05) is 13.8 Å². The SMILES string of the molecule is CC(C)CNC(=O)N1CCC[C@@H](CC(=O)NC[C@H](C)C#N)C1. The summed E-state index contributed by atoms with van der Waals surface area (Å²) in [6, 6.07) is 2.06. The zero-order chi connectivity index (χ0) is 16.5. The minimum atomic E-state index is -0.173. The lowest BCUT2D eigenvalue weighted by atomic mass is 9.94. The van der Waals surface area contributed by atoms with Crippen LogP contribution in [-0.4, -0.2) is 43.0 Å². The Balaban J connectivity index is 2.35. The summed E-state index contributed by atoms with van der Waals surface area (Å²) in [6.07, 6.45) is 2.32. The van der Waals surface area contributed by atoms with Crippen LogP contribution in [0.5, 0.6) is 0 Å². The predicted molar refractivity (Wildman–Crippen MR) is 84.9 cm³/mol. The van der Waals surface area contributed by atoms with Crippen LogP contribution in [0.2, 0.25) is 0 Å². The smallest absolute Gasteiger partial charge is 0.317 e. The van der Waals surface area contributed by atoms with Crippen molar-refractivity contribution >= 4 is 11.9 Å². The summed E-state index contributed by atoms with van der Waals surface area (Å²) in [4.78, 5) is 25.8. The number of nitrogens with zero attached hydrogens (tertiary/aromatic N) is 2. The van der Waals surface area contributed by atoms with Crippen molar-refractivity contribution in [1.29, 1.82) is 5.26 Å². The van der Waals surface area contributed by atoms with Gasteiger partial charge in [0.05, 0.1) is 12.0 Å². The highest BCUT2D eigenvalue weighted by molar-refractivity contribution is 5.77. The Morgan fingerprint density at radius 2 is 2.00 bits per heavy atom. The third-order valence-corrected chi connectivity index (χ3v) is 3.77. The molecule has 0 saturated carbocycles. The largest absolute Gasteiger partial charge is 0.355 e. The van der Waals surface area contributed by atoms with Gasteiger partial charge in [-0.15, -0.1) is 0 Å². The number of piperidine rings is 1. The number of hydrogen-bond donors (Lipinski definition) is 2. The van der Waals surface area contributed by atoms with Crippen LogP contribution in [0.25, 0.3) is 0 Å². The second-order valence-corrected chi connectivity index (χ2v) is 6.57. The summed E-state index contributed by atoms with van der Waals surface area (Å²) in [6.45, 7) is 8.35. The molecule has 2 N–H and O–H groups in total. The summed E-state index contributed by atoms with van der Waals surface area (Å²) < 4.78 is 0. The van der Waals surface area contributed by atoms with Crippen LogP contribution >= 0.6 is 0 Å². The maximum Gasteiger partial charge on any atom is 0.317 e. The second kappa shape index (κ2) is 9.29. The number of carbonyl (C=O) groups is 2. The van der Waals surface area contributed by atoms with E-state index in [1.165, 1.54) is 0 Å². The highest BCUT2D eigenvalue weighted by Crippen LogP contribution is 2.19. The number of hydrogen-bond acceptors (Lipinski definition) is 3. The molecule has 2 atom stereocenters. The molecule has 0 aromatic rings. The highest BCUT2D eigenvalue weighted by atomic mass is 16.2. The van der Waals surface area contributed by atoms with E-state index in [1.807, 2.05) is 4.90 Å². The van der Waals surface area contributed by atoms with Gasteiger partial charge in [-0.25, -0.2) is 4.79 Å². The molecule has 6 nitrogen and oxygen atoms in total. The first-order valence-corrected chi connectivity index (χ1v) is 8.11. The standard InChI is InChI=1S/C16H28N4O2/c1-12(2)9-19-16(22)20-6-4-5-14(11-20)7-15(21)18-10-13(3)8-17/h12-14H,4-7,9-11H2,1-3H3,(H,18,21)(H,19,22)/t13-,14+/m1/s1. The molecule has 0 spiro atoms. The number of likely N-dealkylation sites (tertiary alicyclic amines) is 1. The van der Waals surface area contributed by atoms with Crippen molar-refractivity contribution in [2.45, 2.75) is 40.0 Å². The van der Waals surface area contributed by atoms with Gasteiger partial charge in [0, 0.05) is 32.6 Å². The van der Waals surface area contributed by atoms with Gasteiger partial charge in [0.25, 0.3) is 0 Å². The topological polar surface area (TPSA) is 85.2 Å². The van der Waals surface area contributed by atoms with E-state index in [1.54, 1.807) is 6.92 Å². The monoisotopic (exact) mass is 308 g/mol. The molecule has 1 aliphatic rings. The molecule has 1 rings (SSSR count). The molecule has 0 unspecified atom stereocenters. The Bertz CT molecular complexity index is 417. The van der Waals surface area contributed by atoms with Crippen molar-refractivity contribution in [2.75, 3.05) is 26.2 Å². The molecule has 1 aliphatic heterocycles. The Morgan fingerprint density at radius 3 is 2.64 bits per heavy atom. The van der Waals surface area contributed by atoms with E-state index in [4.69, 9.17) is 5.26 Å². The van der Waals surface area contributed by atoms with E-state index in [0.29, 0.717) is 32.0 Å². The molecule has 0 radical (unpaired) electrons. The third-order valence-electron chi connectivity index (χ3n) is 3.77. The lowest BCUT2D eigenvalue weighted by Gasteiger charge is -2.32. The minimum Gasteiger partial charge on any atom is -0.355 e. The van der Waals surface area contributed by atoms with Crippen molar-refractivity contribution in [3.63, 3.8) is 0 Å². The zero-order valence-corrected chi connectivity index (χ0v) is 13.9. The quantitative estimate of drug-likeness (QED) is 0.783. The number of nitrogens with one attached hydrogen (secondary N) is 2. The first-order chi connectivity index (χ1) is 10.4. The number of nitriles is 1. The van der Waals surface area contributed by atoms with E-state index < -0.39 is 0 Å². The Hall–Kier alpha value is -1.77. The van der Waals surface area contributed by atoms with Crippen LogP contribution in [0.1, 0.15) is 40.0 Å². The van der Waals surface area contributed by atoms with Crippen LogP contribution in [0.3, 0.4) is 0 Å². The summed E-state index contributed by atoms with van der Waals surface area (Å²) in [7, 11) is 0. The van der Waals surface area contributed by atoms with Gasteiger partial charge in [-0.3, -0.25) is 4.79 Å². The van der Waals surface area contributed by atoms with Crippen molar-refractivity contribution in [3.05, 3.63) is 0 Å². The first-order valence-electron chi connectivity index (χ1n) is 8.11. The van der Waals surface area contributed by atoms with Gasteiger partial charge in [-0.2, -0.15) is 5.26 Å². The second-order valence-electron chi connectivity index (χ2n) is 6.57. The van der Waals surface area contributed by atoms with E-state index in [0.717, 1.165) is 19.4 Å². The molecule has 6 heteroatoms. The molecule has 0 aliphatic carbocycles. The Morgan fingerprint density at radius 1 is 1.27 bits per heavy atom. The molecule has 1 heterocycles. The maximum absolute atomic E-state index is 12.1. The fraction of sp³-hybridized carbons (Fsp3) is 0.812. The molecule has 0 bridgehead atoms. The van der Waals surface area contributed by atoms with E-state index in [2.05, 4.69) is 30.6 Å². The number of carbonyl (C=O) groups excluding carboxylic acids is 2. The van der Waals surface area contributed by atoms with Crippen LogP contribution in [0.15, 0.2) is 0 Å². The molecule has 22 heavy (non-hydrogen) atoms. The zero-order valence-electron chi connectivity index (χ0n) is 13.9. The van der Waals surface area contributed by atoms with Gasteiger partial charge in [0.2, 0.25) is 5.91 Å². The van der Waals surface area contributed by atoms with Gasteiger partial charge < -0.3 is 15.5 Å². The molecule has 124 valence electrons. The lowest BCUT2D eigenvalue weighted by Crippen LogP contribution is -2.47. The molecular weight excluding hydrogens is 280 g/mol. The van der Waals surface area contributed by atoms with Crippen LogP contribution in [0.4, 0.5) is 4.79 Å². The van der Waals surface area contributed by atoms with Gasteiger partial charge >= 0.3 is 6.03 Å². The summed E-state index contributed by atoms with van der Waals surface area (Å²) >= 11 is 0. The maximum atomic E-state index is 12.1. The molecular formula is C16H28N4O2. The predicted octanol–water partition coefficient (Wildman–Crippen LogP) is 1.73. The van der Waals surface area contributed by atoms with Crippen molar-refractivity contribution < 1.29 is 9.59 Å². The Labute approximate surface area is 133 Å². The molecule has 1 saturated heterocycles. The van der Waals surface area contributed by atoms with Crippen LogP contribution < -0.4 is 10.6 Å². The normalized spacial score (nSPS) is 19.4. The fourth-order valence-corrected chi connectivity index (χ4v) is 2.47. The van der Waals surface area contributed by atoms with E-state index in [9.17, 15) is 9.59 Å². The van der Waals surface area contributed by atoms with E-state index in [-0.39, 0.29) is 23.8 Å². The fourth-order valence-electron chi connectivity index (χ4n) is 2.47. The number of rotatable bonds is 6. The number of amides is 3. The Kier molecular flexibility index (Phi) is 7.72. The summed E-state index contributed by atoms with van der Waals surface area (Å²) in [5.74, 6) is 0.429. The number of urea groups is 1. The first kappa shape index (κ1) is 18.3. The molecule has 0 aromatic carbocycles. The van der Waals surface area contributed by atoms with E-state index >= 15 is 0 Å². The molecule has 0 aromatic heterocycles. The lowest BCUT2D eigenvalue weighted by molar-refractivity contribution is -0.122. The molecule has 3 amide bonds. The molecule has 1 fully saturated rings. The average Bonchev–Trinajstić information content (AvgIpc) is 2.50. The van der Waals surface area contributed by atoms with Crippen LogP contribution in [0, 0.1) is 29.1 Å². The van der Waals surface area contributed by atoms with Crippen molar-refractivity contribution in [1.82, 2.24) is 15.5 Å². The van der Waals surface area contributed by atoms with Gasteiger partial charge in [0.15, 0.2) is 0 Å². The minimum absolute atomic E-state index is 0.0306. The van der Waals surface area contributed by atoms with Gasteiger partial charge in [-0.05, 0) is 31.6 Å². The van der Waals surface area contributed by atoms with Crippen LogP contribution in [-0.2, 0) is 4.79 Å². The van der Waals surface area contributed by atoms with Gasteiger partial charge in [0.1, 0.15) is 0 Å². The third kappa shape index (κ3) is 6.79. The summed E-state index contributed by atoms with van der Waals surface area (Å²) in [5.41, 5.74) is 0. The van der Waals surface area contributed by atoms with Crippen molar-refractivity contribution in [2.24, 2.45) is 17.8 Å². The summed E-state index contributed by atoms with van der Waals surface area (Å²) in [5, 5.41) is 14.4. The average molecular weight is 308 g/mol. The highest BCUT2D eigenvalue weighted by Gasteiger charge is 2.25.